The fraction of sp³-hybridized carbons (Fsp3) is 0.529. The number of aliphatic carboxylic acids is 1. The molecular weight excluding hydrogens is 284 g/mol. The van der Waals surface area contributed by atoms with Crippen LogP contribution >= 0.6 is 0 Å². The van der Waals surface area contributed by atoms with Crippen molar-refractivity contribution in [1.82, 2.24) is 0 Å². The van der Waals surface area contributed by atoms with E-state index in [1.807, 2.05) is 13.8 Å². The number of aryl methyl sites for hydroxylation is 2. The third-order valence-corrected chi connectivity index (χ3v) is 4.27. The van der Waals surface area contributed by atoms with Gasteiger partial charge in [0.25, 0.3) is 0 Å². The first-order valence-corrected chi connectivity index (χ1v) is 7.52. The molecule has 0 unspecified atom stereocenters. The van der Waals surface area contributed by atoms with E-state index in [1.54, 1.807) is 19.2 Å². The third-order valence-electron chi connectivity index (χ3n) is 4.27. The van der Waals surface area contributed by atoms with Crippen molar-refractivity contribution in [3.05, 3.63) is 23.3 Å². The molecule has 0 atom stereocenters. The predicted octanol–water partition coefficient (Wildman–Crippen LogP) is 3.11. The lowest BCUT2D eigenvalue weighted by Crippen LogP contribution is -2.28. The number of carbonyl (C=O) groups is 2. The fourth-order valence-electron chi connectivity index (χ4n) is 3.07. The van der Waals surface area contributed by atoms with Crippen molar-refractivity contribution in [2.45, 2.75) is 39.5 Å². The van der Waals surface area contributed by atoms with E-state index in [0.29, 0.717) is 31.4 Å². The van der Waals surface area contributed by atoms with Crippen LogP contribution in [0.5, 0.6) is 11.5 Å². The van der Waals surface area contributed by atoms with Gasteiger partial charge in [-0.25, -0.2) is 0 Å². The molecule has 1 aliphatic rings. The zero-order valence-electron chi connectivity index (χ0n) is 13.2. The molecule has 0 radical (unpaired) electrons. The second kappa shape index (κ2) is 6.81. The minimum absolute atomic E-state index is 0.210. The summed E-state index contributed by atoms with van der Waals surface area (Å²) < 4.78 is 10.8. The molecule has 2 rings (SSSR count). The fourth-order valence-corrected chi connectivity index (χ4v) is 3.07. The number of hydrogen-bond acceptors (Lipinski definition) is 4. The van der Waals surface area contributed by atoms with E-state index in [9.17, 15) is 9.59 Å². The second-order valence-corrected chi connectivity index (χ2v) is 5.90. The SMILES string of the molecule is COc1c(C)cc(OC(=O)C2CCC(C(=O)O)CC2)cc1C. The van der Waals surface area contributed by atoms with Crippen molar-refractivity contribution in [2.75, 3.05) is 7.11 Å². The number of ether oxygens (including phenoxy) is 2. The van der Waals surface area contributed by atoms with Crippen LogP contribution in [0.4, 0.5) is 0 Å². The Morgan fingerprint density at radius 1 is 1.05 bits per heavy atom. The number of carboxylic acid groups (broad SMARTS) is 1. The van der Waals surface area contributed by atoms with Crippen molar-refractivity contribution in [1.29, 1.82) is 0 Å². The van der Waals surface area contributed by atoms with Gasteiger partial charge in [0.15, 0.2) is 0 Å². The highest BCUT2D eigenvalue weighted by Crippen LogP contribution is 2.32. The molecule has 5 nitrogen and oxygen atoms in total. The van der Waals surface area contributed by atoms with Crippen molar-refractivity contribution in [3.8, 4) is 11.5 Å². The van der Waals surface area contributed by atoms with Crippen LogP contribution in [-0.4, -0.2) is 24.2 Å². The molecule has 1 aliphatic carbocycles. The Morgan fingerprint density at radius 2 is 1.55 bits per heavy atom. The van der Waals surface area contributed by atoms with Crippen molar-refractivity contribution >= 4 is 11.9 Å². The van der Waals surface area contributed by atoms with Gasteiger partial charge < -0.3 is 14.6 Å². The van der Waals surface area contributed by atoms with Gasteiger partial charge in [-0.05, 0) is 62.8 Å². The van der Waals surface area contributed by atoms with E-state index < -0.39 is 5.97 Å². The van der Waals surface area contributed by atoms with Crippen molar-refractivity contribution in [3.63, 3.8) is 0 Å². The topological polar surface area (TPSA) is 72.8 Å². The predicted molar refractivity (Wildman–Crippen MR) is 81.2 cm³/mol. The molecule has 0 aromatic heterocycles. The first kappa shape index (κ1) is 16.3. The first-order valence-electron chi connectivity index (χ1n) is 7.52. The second-order valence-electron chi connectivity index (χ2n) is 5.90. The normalized spacial score (nSPS) is 21.2. The molecular formula is C17H22O5. The Bertz CT molecular complexity index is 547. The Morgan fingerprint density at radius 3 is 2.00 bits per heavy atom. The Labute approximate surface area is 130 Å². The molecule has 1 saturated carbocycles. The quantitative estimate of drug-likeness (QED) is 0.683. The minimum Gasteiger partial charge on any atom is -0.496 e. The zero-order chi connectivity index (χ0) is 16.3. The van der Waals surface area contributed by atoms with Gasteiger partial charge >= 0.3 is 11.9 Å². The van der Waals surface area contributed by atoms with Crippen LogP contribution in [0, 0.1) is 25.7 Å². The summed E-state index contributed by atoms with van der Waals surface area (Å²) in [7, 11) is 1.61. The Balaban J connectivity index is 2.00. The number of methoxy groups -OCH3 is 1. The molecule has 1 fully saturated rings. The largest absolute Gasteiger partial charge is 0.496 e. The third kappa shape index (κ3) is 3.59. The van der Waals surface area contributed by atoms with E-state index in [0.717, 1.165) is 16.9 Å². The van der Waals surface area contributed by atoms with Crippen LogP contribution in [0.15, 0.2) is 12.1 Å². The molecule has 1 N–H and O–H groups in total. The Kier molecular flexibility index (Phi) is 5.06. The molecule has 0 bridgehead atoms. The van der Waals surface area contributed by atoms with E-state index in [-0.39, 0.29) is 17.8 Å². The lowest BCUT2D eigenvalue weighted by atomic mass is 9.82. The van der Waals surface area contributed by atoms with Gasteiger partial charge in [0.05, 0.1) is 18.9 Å². The van der Waals surface area contributed by atoms with Gasteiger partial charge in [-0.3, -0.25) is 9.59 Å². The molecule has 0 spiro atoms. The summed E-state index contributed by atoms with van der Waals surface area (Å²) in [5, 5.41) is 8.98. The number of benzene rings is 1. The van der Waals surface area contributed by atoms with E-state index >= 15 is 0 Å². The highest BCUT2D eigenvalue weighted by Gasteiger charge is 2.31. The number of carboxylic acids is 1. The van der Waals surface area contributed by atoms with Crippen LogP contribution in [0.3, 0.4) is 0 Å². The van der Waals surface area contributed by atoms with Gasteiger partial charge in [0.2, 0.25) is 0 Å². The highest BCUT2D eigenvalue weighted by molar-refractivity contribution is 5.76. The van der Waals surface area contributed by atoms with Gasteiger partial charge in [-0.2, -0.15) is 0 Å². The Hall–Kier alpha value is -2.04. The average molecular weight is 306 g/mol. The maximum atomic E-state index is 12.2. The molecule has 0 saturated heterocycles. The summed E-state index contributed by atoms with van der Waals surface area (Å²) in [6.07, 6.45) is 2.22. The van der Waals surface area contributed by atoms with Crippen molar-refractivity contribution < 1.29 is 24.2 Å². The number of esters is 1. The van der Waals surface area contributed by atoms with Crippen molar-refractivity contribution in [2.24, 2.45) is 11.8 Å². The van der Waals surface area contributed by atoms with E-state index in [1.165, 1.54) is 0 Å². The molecule has 1 aromatic carbocycles. The van der Waals surface area contributed by atoms with Crippen LogP contribution in [0.1, 0.15) is 36.8 Å². The van der Waals surface area contributed by atoms with Gasteiger partial charge in [-0.1, -0.05) is 0 Å². The first-order chi connectivity index (χ1) is 10.4. The number of hydrogen-bond donors (Lipinski definition) is 1. The molecule has 0 aliphatic heterocycles. The summed E-state index contributed by atoms with van der Waals surface area (Å²) in [4.78, 5) is 23.1. The van der Waals surface area contributed by atoms with Gasteiger partial charge in [0.1, 0.15) is 11.5 Å². The maximum Gasteiger partial charge on any atom is 0.314 e. The summed E-state index contributed by atoms with van der Waals surface area (Å²) >= 11 is 0. The number of carbonyl (C=O) groups excluding carboxylic acids is 1. The molecule has 1 aromatic rings. The molecule has 120 valence electrons. The summed E-state index contributed by atoms with van der Waals surface area (Å²) in [5.74, 6) is -0.267. The molecule has 22 heavy (non-hydrogen) atoms. The maximum absolute atomic E-state index is 12.2. The van der Waals surface area contributed by atoms with Gasteiger partial charge in [0, 0.05) is 0 Å². The van der Waals surface area contributed by atoms with Crippen LogP contribution < -0.4 is 9.47 Å². The molecule has 0 amide bonds. The van der Waals surface area contributed by atoms with E-state index in [4.69, 9.17) is 14.6 Å². The molecule has 0 heterocycles. The van der Waals surface area contributed by atoms with Crippen LogP contribution in [0.2, 0.25) is 0 Å². The lowest BCUT2D eigenvalue weighted by molar-refractivity contribution is -0.146. The monoisotopic (exact) mass is 306 g/mol. The van der Waals surface area contributed by atoms with Crippen LogP contribution in [0.25, 0.3) is 0 Å². The van der Waals surface area contributed by atoms with E-state index in [2.05, 4.69) is 0 Å². The molecule has 5 heteroatoms. The summed E-state index contributed by atoms with van der Waals surface area (Å²) in [5.41, 5.74) is 1.83. The average Bonchev–Trinajstić information content (AvgIpc) is 2.47. The summed E-state index contributed by atoms with van der Waals surface area (Å²) in [6.45, 7) is 3.81. The standard InChI is InChI=1S/C17H22O5/c1-10-8-14(9-11(2)15(10)21-3)22-17(20)13-6-4-12(5-7-13)16(18)19/h8-9,12-13H,4-7H2,1-3H3,(H,18,19). The van der Waals surface area contributed by atoms with Crippen LogP contribution in [-0.2, 0) is 9.59 Å². The zero-order valence-corrected chi connectivity index (χ0v) is 13.2. The highest BCUT2D eigenvalue weighted by atomic mass is 16.5. The smallest absolute Gasteiger partial charge is 0.314 e. The minimum atomic E-state index is -0.770. The number of rotatable bonds is 4. The van der Waals surface area contributed by atoms with Gasteiger partial charge in [-0.15, -0.1) is 0 Å². The lowest BCUT2D eigenvalue weighted by Gasteiger charge is -2.24. The summed E-state index contributed by atoms with van der Waals surface area (Å²) in [6, 6.07) is 3.57.